The highest BCUT2D eigenvalue weighted by Crippen LogP contribution is 2.36. The van der Waals surface area contributed by atoms with Gasteiger partial charge in [0.05, 0.1) is 6.04 Å². The standard InChI is InChI=1S/C16H18ClN3OS.ClH/c1-10(11-2-4-12(17)5-3-11)20(13-6-7-13)16(21)14-9-22-15(8-18)19-14;/h2-5,9-10,13H,6-8,18H2,1H3;1H. The summed E-state index contributed by atoms with van der Waals surface area (Å²) in [5, 5.41) is 3.29. The van der Waals surface area contributed by atoms with Crippen molar-refractivity contribution in [1.29, 1.82) is 0 Å². The number of hydrogen-bond acceptors (Lipinski definition) is 4. The van der Waals surface area contributed by atoms with E-state index in [0.717, 1.165) is 23.4 Å². The quantitative estimate of drug-likeness (QED) is 0.862. The first-order valence-corrected chi connectivity index (χ1v) is 8.58. The number of halogens is 2. The zero-order valence-corrected chi connectivity index (χ0v) is 15.1. The smallest absolute Gasteiger partial charge is 0.274 e. The molecule has 2 aromatic rings. The fourth-order valence-electron chi connectivity index (χ4n) is 2.55. The number of nitrogens with two attached hydrogens (primary N) is 1. The highest BCUT2D eigenvalue weighted by Gasteiger charge is 2.37. The monoisotopic (exact) mass is 371 g/mol. The molecule has 1 fully saturated rings. The molecule has 3 rings (SSSR count). The molecule has 1 unspecified atom stereocenters. The summed E-state index contributed by atoms with van der Waals surface area (Å²) in [6.45, 7) is 2.42. The lowest BCUT2D eigenvalue weighted by atomic mass is 10.1. The van der Waals surface area contributed by atoms with E-state index in [-0.39, 0.29) is 24.4 Å². The molecule has 1 saturated carbocycles. The molecule has 0 aliphatic heterocycles. The van der Waals surface area contributed by atoms with Gasteiger partial charge >= 0.3 is 0 Å². The topological polar surface area (TPSA) is 59.2 Å². The molecule has 4 nitrogen and oxygen atoms in total. The molecule has 1 heterocycles. The van der Waals surface area contributed by atoms with Crippen molar-refractivity contribution in [2.75, 3.05) is 0 Å². The number of hydrogen-bond donors (Lipinski definition) is 1. The first-order valence-electron chi connectivity index (χ1n) is 7.32. The predicted octanol–water partition coefficient (Wildman–Crippen LogP) is 4.04. The van der Waals surface area contributed by atoms with Crippen molar-refractivity contribution >= 4 is 41.3 Å². The van der Waals surface area contributed by atoms with Crippen molar-refractivity contribution < 1.29 is 4.79 Å². The molecule has 0 radical (unpaired) electrons. The van der Waals surface area contributed by atoms with Crippen LogP contribution in [0.4, 0.5) is 0 Å². The van der Waals surface area contributed by atoms with Crippen molar-refractivity contribution in [2.45, 2.75) is 38.4 Å². The molecule has 1 aliphatic rings. The number of carbonyl (C=O) groups excluding carboxylic acids is 1. The SMILES string of the molecule is CC(c1ccc(Cl)cc1)N(C(=O)c1csc(CN)n1)C1CC1.Cl. The Morgan fingerprint density at radius 2 is 2.09 bits per heavy atom. The number of nitrogens with zero attached hydrogens (tertiary/aromatic N) is 2. The van der Waals surface area contributed by atoms with E-state index < -0.39 is 0 Å². The van der Waals surface area contributed by atoms with Crippen molar-refractivity contribution in [3.05, 3.63) is 50.9 Å². The van der Waals surface area contributed by atoms with E-state index in [9.17, 15) is 4.79 Å². The Labute approximate surface area is 151 Å². The normalized spacial score (nSPS) is 14.9. The van der Waals surface area contributed by atoms with E-state index in [1.54, 1.807) is 5.38 Å². The zero-order valence-electron chi connectivity index (χ0n) is 12.7. The van der Waals surface area contributed by atoms with Crippen LogP contribution in [0.5, 0.6) is 0 Å². The third-order valence-electron chi connectivity index (χ3n) is 3.89. The van der Waals surface area contributed by atoms with Crippen LogP contribution < -0.4 is 5.73 Å². The minimum absolute atomic E-state index is 0. The lowest BCUT2D eigenvalue weighted by Gasteiger charge is -2.29. The second-order valence-corrected chi connectivity index (χ2v) is 6.88. The van der Waals surface area contributed by atoms with Crippen molar-refractivity contribution in [2.24, 2.45) is 5.73 Å². The molecule has 7 heteroatoms. The number of aromatic nitrogens is 1. The molecule has 0 bridgehead atoms. The van der Waals surface area contributed by atoms with Crippen LogP contribution in [0, 0.1) is 0 Å². The Balaban J connectivity index is 0.00000192. The average Bonchev–Trinajstić information content (AvgIpc) is 3.23. The molecule has 1 aromatic heterocycles. The lowest BCUT2D eigenvalue weighted by Crippen LogP contribution is -2.35. The van der Waals surface area contributed by atoms with Crippen LogP contribution >= 0.6 is 35.3 Å². The van der Waals surface area contributed by atoms with Gasteiger partial charge in [0.15, 0.2) is 0 Å². The molecule has 1 atom stereocenters. The maximum absolute atomic E-state index is 12.8. The van der Waals surface area contributed by atoms with Crippen molar-refractivity contribution in [3.63, 3.8) is 0 Å². The lowest BCUT2D eigenvalue weighted by molar-refractivity contribution is 0.0668. The summed E-state index contributed by atoms with van der Waals surface area (Å²) in [6, 6.07) is 7.97. The number of benzene rings is 1. The van der Waals surface area contributed by atoms with Gasteiger partial charge in [0.2, 0.25) is 0 Å². The molecule has 1 aromatic carbocycles. The maximum atomic E-state index is 12.8. The Kier molecular flexibility index (Phi) is 6.03. The van der Waals surface area contributed by atoms with Gasteiger partial charge in [-0.05, 0) is 37.5 Å². The van der Waals surface area contributed by atoms with Crippen LogP contribution in [0.2, 0.25) is 5.02 Å². The molecule has 124 valence electrons. The largest absolute Gasteiger partial charge is 0.328 e. The Morgan fingerprint density at radius 1 is 1.43 bits per heavy atom. The number of carbonyl (C=O) groups is 1. The molecule has 0 spiro atoms. The van der Waals surface area contributed by atoms with Crippen LogP contribution in [0.25, 0.3) is 0 Å². The Hall–Kier alpha value is -1.14. The minimum atomic E-state index is -0.0131. The number of thiazole rings is 1. The number of rotatable bonds is 5. The zero-order chi connectivity index (χ0) is 15.7. The van der Waals surface area contributed by atoms with Gasteiger partial charge < -0.3 is 10.6 Å². The van der Waals surface area contributed by atoms with Gasteiger partial charge in [-0.2, -0.15) is 0 Å². The van der Waals surface area contributed by atoms with Gasteiger partial charge in [-0.1, -0.05) is 23.7 Å². The van der Waals surface area contributed by atoms with Crippen LogP contribution in [0.3, 0.4) is 0 Å². The third-order valence-corrected chi connectivity index (χ3v) is 5.01. The summed E-state index contributed by atoms with van der Waals surface area (Å²) in [6.07, 6.45) is 2.11. The summed E-state index contributed by atoms with van der Waals surface area (Å²) in [7, 11) is 0. The van der Waals surface area contributed by atoms with E-state index >= 15 is 0 Å². The molecule has 1 amide bonds. The fraction of sp³-hybridized carbons (Fsp3) is 0.375. The average molecular weight is 372 g/mol. The molecular formula is C16H19Cl2N3OS. The van der Waals surface area contributed by atoms with E-state index in [1.807, 2.05) is 29.2 Å². The van der Waals surface area contributed by atoms with E-state index in [0.29, 0.717) is 23.3 Å². The van der Waals surface area contributed by atoms with E-state index in [1.165, 1.54) is 11.3 Å². The Morgan fingerprint density at radius 3 is 2.61 bits per heavy atom. The first kappa shape index (κ1) is 18.2. The minimum Gasteiger partial charge on any atom is -0.328 e. The molecular weight excluding hydrogens is 353 g/mol. The van der Waals surface area contributed by atoms with Gasteiger partial charge in [-0.15, -0.1) is 23.7 Å². The molecule has 1 aliphatic carbocycles. The number of amides is 1. The van der Waals surface area contributed by atoms with E-state index in [2.05, 4.69) is 11.9 Å². The van der Waals surface area contributed by atoms with Gasteiger partial charge in [0.25, 0.3) is 5.91 Å². The second-order valence-electron chi connectivity index (χ2n) is 5.50. The van der Waals surface area contributed by atoms with Gasteiger partial charge in [0, 0.05) is 23.0 Å². The molecule has 0 saturated heterocycles. The Bertz CT molecular complexity index is 670. The van der Waals surface area contributed by atoms with Crippen LogP contribution in [0.15, 0.2) is 29.6 Å². The summed E-state index contributed by atoms with van der Waals surface area (Å²) in [5.74, 6) is -0.0131. The predicted molar refractivity (Wildman–Crippen MR) is 96.3 cm³/mol. The van der Waals surface area contributed by atoms with Crippen molar-refractivity contribution in [1.82, 2.24) is 9.88 Å². The summed E-state index contributed by atoms with van der Waals surface area (Å²) < 4.78 is 0. The van der Waals surface area contributed by atoms with Crippen LogP contribution in [0.1, 0.15) is 46.9 Å². The van der Waals surface area contributed by atoms with Gasteiger partial charge in [-0.25, -0.2) is 4.98 Å². The van der Waals surface area contributed by atoms with Gasteiger partial charge in [-0.3, -0.25) is 4.79 Å². The third kappa shape index (κ3) is 4.04. The second kappa shape index (κ2) is 7.62. The summed E-state index contributed by atoms with van der Waals surface area (Å²) >= 11 is 7.38. The van der Waals surface area contributed by atoms with Gasteiger partial charge in [0.1, 0.15) is 10.7 Å². The fourth-order valence-corrected chi connectivity index (χ4v) is 3.32. The molecule has 2 N–H and O–H groups in total. The highest BCUT2D eigenvalue weighted by molar-refractivity contribution is 7.09. The van der Waals surface area contributed by atoms with Crippen molar-refractivity contribution in [3.8, 4) is 0 Å². The van der Waals surface area contributed by atoms with Crippen LogP contribution in [-0.4, -0.2) is 21.8 Å². The maximum Gasteiger partial charge on any atom is 0.274 e. The van der Waals surface area contributed by atoms with Crippen LogP contribution in [-0.2, 0) is 6.54 Å². The summed E-state index contributed by atoms with van der Waals surface area (Å²) in [4.78, 5) is 19.1. The first-order chi connectivity index (χ1) is 10.6. The van der Waals surface area contributed by atoms with E-state index in [4.69, 9.17) is 17.3 Å². The highest BCUT2D eigenvalue weighted by atomic mass is 35.5. The summed E-state index contributed by atoms with van der Waals surface area (Å²) in [5.41, 5.74) is 7.17. The molecule has 23 heavy (non-hydrogen) atoms.